The minimum absolute atomic E-state index is 0.0211. The van der Waals surface area contributed by atoms with E-state index in [1.54, 1.807) is 4.90 Å². The fourth-order valence-electron chi connectivity index (χ4n) is 2.88. The number of nitrogens with zero attached hydrogens (tertiary/aromatic N) is 1. The van der Waals surface area contributed by atoms with Crippen LogP contribution in [0.15, 0.2) is 18.2 Å². The van der Waals surface area contributed by atoms with Crippen molar-refractivity contribution in [1.82, 2.24) is 4.90 Å². The van der Waals surface area contributed by atoms with E-state index in [2.05, 4.69) is 0 Å². The number of halogens is 1. The van der Waals surface area contributed by atoms with Gasteiger partial charge in [-0.15, -0.1) is 0 Å². The minimum atomic E-state index is -0.496. The predicted molar refractivity (Wildman–Crippen MR) is 83.4 cm³/mol. The average Bonchev–Trinajstić information content (AvgIpc) is 2.73. The molecule has 2 aliphatic rings. The van der Waals surface area contributed by atoms with Crippen LogP contribution in [0.25, 0.3) is 0 Å². The molecule has 22 heavy (non-hydrogen) atoms. The molecule has 1 spiro atoms. The molecule has 2 heterocycles. The maximum Gasteiger partial charge on any atom is 0.410 e. The summed E-state index contributed by atoms with van der Waals surface area (Å²) >= 11 is 5.72. The van der Waals surface area contributed by atoms with Gasteiger partial charge < -0.3 is 14.4 Å². The molecule has 1 aromatic carbocycles. The van der Waals surface area contributed by atoms with Gasteiger partial charge >= 0.3 is 6.09 Å². The fraction of sp³-hybridized carbons (Fsp3) is 0.500. The second-order valence-corrected chi connectivity index (χ2v) is 7.18. The molecule has 1 fully saturated rings. The van der Waals surface area contributed by atoms with Crippen molar-refractivity contribution in [3.63, 3.8) is 0 Å². The van der Waals surface area contributed by atoms with Crippen molar-refractivity contribution in [3.8, 4) is 0 Å². The summed E-state index contributed by atoms with van der Waals surface area (Å²) in [6.07, 6.45) is -0.311. The lowest BCUT2D eigenvalue weighted by Crippen LogP contribution is -2.61. The number of benzene rings is 1. The number of likely N-dealkylation sites (tertiary alicyclic amines) is 1. The monoisotopic (exact) mass is 322 g/mol. The third kappa shape index (κ3) is 2.59. The lowest BCUT2D eigenvalue weighted by atomic mass is 9.85. The topological polar surface area (TPSA) is 62.6 Å². The Labute approximate surface area is 134 Å². The summed E-state index contributed by atoms with van der Waals surface area (Å²) in [5, 5.41) is 7.50. The van der Waals surface area contributed by atoms with Crippen LogP contribution in [0.2, 0.25) is 0 Å². The summed E-state index contributed by atoms with van der Waals surface area (Å²) < 4.78 is 11.3. The van der Waals surface area contributed by atoms with Gasteiger partial charge in [0.15, 0.2) is 0 Å². The third-order valence-electron chi connectivity index (χ3n) is 3.90. The Morgan fingerprint density at radius 1 is 1.41 bits per heavy atom. The minimum Gasteiger partial charge on any atom is -0.444 e. The molecule has 0 unspecified atom stereocenters. The van der Waals surface area contributed by atoms with Crippen molar-refractivity contribution in [3.05, 3.63) is 34.9 Å². The number of ether oxygens (including phenoxy) is 2. The first-order valence-corrected chi connectivity index (χ1v) is 7.58. The number of carbonyl (C=O) groups is 1. The summed E-state index contributed by atoms with van der Waals surface area (Å²) in [4.78, 5) is 13.7. The highest BCUT2D eigenvalue weighted by molar-refractivity contribution is 6.68. The van der Waals surface area contributed by atoms with Gasteiger partial charge in [-0.05, 0) is 38.0 Å². The van der Waals surface area contributed by atoms with E-state index in [-0.39, 0.29) is 11.3 Å². The Bertz CT molecular complexity index is 645. The molecule has 0 aromatic heterocycles. The van der Waals surface area contributed by atoms with Gasteiger partial charge in [-0.25, -0.2) is 4.79 Å². The van der Waals surface area contributed by atoms with Gasteiger partial charge in [0.2, 0.25) is 0 Å². The Hall–Kier alpha value is -1.59. The van der Waals surface area contributed by atoms with E-state index in [1.165, 1.54) is 0 Å². The van der Waals surface area contributed by atoms with Crippen LogP contribution in [-0.2, 0) is 21.7 Å². The SMILES string of the molecule is CC(C)(C)OC(=O)N1CC2(C1)OCc1cc(C(=N)Cl)ccc12. The van der Waals surface area contributed by atoms with Crippen LogP contribution in [0.3, 0.4) is 0 Å². The quantitative estimate of drug-likeness (QED) is 0.807. The first-order chi connectivity index (χ1) is 10.2. The Balaban J connectivity index is 1.73. The molecular weight excluding hydrogens is 304 g/mol. The third-order valence-corrected chi connectivity index (χ3v) is 4.12. The number of hydrogen-bond donors (Lipinski definition) is 1. The standard InChI is InChI=1S/C16H19ClN2O3/c1-15(2,3)22-14(20)19-8-16(9-19)12-5-4-10(13(17)18)6-11(12)7-21-16/h4-6,18H,7-9H2,1-3H3. The first-order valence-electron chi connectivity index (χ1n) is 7.20. The highest BCUT2D eigenvalue weighted by atomic mass is 35.5. The fourth-order valence-corrected chi connectivity index (χ4v) is 2.99. The van der Waals surface area contributed by atoms with E-state index in [0.717, 1.165) is 11.1 Å². The largest absolute Gasteiger partial charge is 0.444 e. The zero-order valence-corrected chi connectivity index (χ0v) is 13.7. The van der Waals surface area contributed by atoms with E-state index < -0.39 is 11.2 Å². The van der Waals surface area contributed by atoms with Crippen molar-refractivity contribution in [2.75, 3.05) is 13.1 Å². The van der Waals surface area contributed by atoms with Crippen molar-refractivity contribution in [2.24, 2.45) is 0 Å². The molecule has 2 aliphatic heterocycles. The van der Waals surface area contributed by atoms with E-state index in [9.17, 15) is 4.79 Å². The molecule has 1 amide bonds. The average molecular weight is 323 g/mol. The van der Waals surface area contributed by atoms with E-state index >= 15 is 0 Å². The first kappa shape index (κ1) is 15.3. The molecule has 1 N–H and O–H groups in total. The molecule has 0 bridgehead atoms. The lowest BCUT2D eigenvalue weighted by Gasteiger charge is -2.47. The Morgan fingerprint density at radius 3 is 2.68 bits per heavy atom. The summed E-state index contributed by atoms with van der Waals surface area (Å²) in [7, 11) is 0. The molecule has 0 saturated carbocycles. The number of amides is 1. The van der Waals surface area contributed by atoms with Crippen LogP contribution in [0.4, 0.5) is 4.79 Å². The van der Waals surface area contributed by atoms with Gasteiger partial charge in [0.05, 0.1) is 19.7 Å². The van der Waals surface area contributed by atoms with E-state index in [0.29, 0.717) is 25.3 Å². The summed E-state index contributed by atoms with van der Waals surface area (Å²) in [5.74, 6) is 0. The second kappa shape index (κ2) is 4.96. The number of fused-ring (bicyclic) bond motifs is 2. The molecule has 6 heteroatoms. The lowest BCUT2D eigenvalue weighted by molar-refractivity contribution is -0.137. The highest BCUT2D eigenvalue weighted by Gasteiger charge is 2.52. The number of rotatable bonds is 1. The van der Waals surface area contributed by atoms with Crippen LogP contribution < -0.4 is 0 Å². The van der Waals surface area contributed by atoms with Gasteiger partial charge in [-0.2, -0.15) is 0 Å². The smallest absolute Gasteiger partial charge is 0.410 e. The molecule has 0 atom stereocenters. The van der Waals surface area contributed by atoms with Crippen LogP contribution in [0.5, 0.6) is 0 Å². The van der Waals surface area contributed by atoms with Crippen LogP contribution in [0.1, 0.15) is 37.5 Å². The van der Waals surface area contributed by atoms with E-state index in [4.69, 9.17) is 26.5 Å². The van der Waals surface area contributed by atoms with Gasteiger partial charge in [0.1, 0.15) is 16.4 Å². The van der Waals surface area contributed by atoms with Gasteiger partial charge in [-0.1, -0.05) is 23.7 Å². The molecule has 3 rings (SSSR count). The zero-order chi connectivity index (χ0) is 16.1. The van der Waals surface area contributed by atoms with Crippen molar-refractivity contribution >= 4 is 22.9 Å². The zero-order valence-electron chi connectivity index (χ0n) is 12.9. The van der Waals surface area contributed by atoms with Crippen molar-refractivity contribution in [1.29, 1.82) is 5.41 Å². The number of carbonyl (C=O) groups excluding carboxylic acids is 1. The molecule has 0 aliphatic carbocycles. The van der Waals surface area contributed by atoms with Crippen LogP contribution >= 0.6 is 11.6 Å². The second-order valence-electron chi connectivity index (χ2n) is 6.81. The van der Waals surface area contributed by atoms with Crippen LogP contribution in [0, 0.1) is 5.41 Å². The maximum atomic E-state index is 12.0. The predicted octanol–water partition coefficient (Wildman–Crippen LogP) is 3.23. The normalized spacial score (nSPS) is 18.8. The number of nitrogens with one attached hydrogen (secondary N) is 1. The summed E-state index contributed by atoms with van der Waals surface area (Å²) in [6.45, 7) is 7.02. The molecule has 0 radical (unpaired) electrons. The molecule has 1 saturated heterocycles. The summed E-state index contributed by atoms with van der Waals surface area (Å²) in [5.41, 5.74) is 1.87. The molecule has 5 nitrogen and oxygen atoms in total. The number of hydrogen-bond acceptors (Lipinski definition) is 4. The molecule has 118 valence electrons. The Morgan fingerprint density at radius 2 is 2.09 bits per heavy atom. The van der Waals surface area contributed by atoms with Gasteiger partial charge in [0, 0.05) is 5.56 Å². The van der Waals surface area contributed by atoms with Gasteiger partial charge in [-0.3, -0.25) is 5.41 Å². The van der Waals surface area contributed by atoms with E-state index in [1.807, 2.05) is 39.0 Å². The Kier molecular flexibility index (Phi) is 3.45. The van der Waals surface area contributed by atoms with Crippen molar-refractivity contribution in [2.45, 2.75) is 38.6 Å². The van der Waals surface area contributed by atoms with Gasteiger partial charge in [0.25, 0.3) is 0 Å². The van der Waals surface area contributed by atoms with Crippen LogP contribution in [-0.4, -0.2) is 34.9 Å². The molecule has 1 aromatic rings. The van der Waals surface area contributed by atoms with Crippen molar-refractivity contribution < 1.29 is 14.3 Å². The summed E-state index contributed by atoms with van der Waals surface area (Å²) in [6, 6.07) is 5.65. The highest BCUT2D eigenvalue weighted by Crippen LogP contribution is 2.44. The molecular formula is C16H19ClN2O3. The maximum absolute atomic E-state index is 12.0.